The van der Waals surface area contributed by atoms with Crippen molar-refractivity contribution in [3.8, 4) is 0 Å². The fourth-order valence-electron chi connectivity index (χ4n) is 2.36. The van der Waals surface area contributed by atoms with Crippen LogP contribution in [-0.4, -0.2) is 42.1 Å². The highest BCUT2D eigenvalue weighted by Gasteiger charge is 2.30. The van der Waals surface area contributed by atoms with Crippen LogP contribution in [0.4, 0.5) is 0 Å². The zero-order chi connectivity index (χ0) is 11.3. The number of hydrogen-bond donors (Lipinski definition) is 0. The van der Waals surface area contributed by atoms with Crippen molar-refractivity contribution in [2.75, 3.05) is 25.5 Å². The second-order valence-electron chi connectivity index (χ2n) is 5.17. The van der Waals surface area contributed by atoms with Gasteiger partial charge in [-0.2, -0.15) is 0 Å². The standard InChI is InChI=1S/C12H24ClNO/c1-11-9-14(8-6-4-5-7-13)10-12(2,3)15-11/h11H,4-10H2,1-3H3. The van der Waals surface area contributed by atoms with E-state index in [1.807, 2.05) is 0 Å². The third-order valence-electron chi connectivity index (χ3n) is 2.75. The first kappa shape index (κ1) is 13.3. The zero-order valence-electron chi connectivity index (χ0n) is 10.3. The quantitative estimate of drug-likeness (QED) is 0.535. The van der Waals surface area contributed by atoms with Gasteiger partial charge in [-0.25, -0.2) is 0 Å². The number of hydrogen-bond acceptors (Lipinski definition) is 2. The maximum atomic E-state index is 5.87. The van der Waals surface area contributed by atoms with Crippen LogP contribution >= 0.6 is 11.6 Å². The summed E-state index contributed by atoms with van der Waals surface area (Å²) in [5.41, 5.74) is 0.0180. The van der Waals surface area contributed by atoms with Gasteiger partial charge >= 0.3 is 0 Å². The Morgan fingerprint density at radius 3 is 2.67 bits per heavy atom. The number of morpholine rings is 1. The Labute approximate surface area is 98.9 Å². The predicted octanol–water partition coefficient (Wildman–Crippen LogP) is 2.89. The molecule has 0 bridgehead atoms. The molecule has 1 atom stereocenters. The number of halogens is 1. The molecule has 1 fully saturated rings. The Morgan fingerprint density at radius 2 is 2.07 bits per heavy atom. The molecular formula is C12H24ClNO. The molecule has 1 saturated heterocycles. The fraction of sp³-hybridized carbons (Fsp3) is 1.00. The van der Waals surface area contributed by atoms with Gasteiger partial charge in [0.25, 0.3) is 0 Å². The van der Waals surface area contributed by atoms with Crippen LogP contribution < -0.4 is 0 Å². The SMILES string of the molecule is CC1CN(CCCCCCl)CC(C)(C)O1. The molecule has 0 aromatic carbocycles. The molecule has 0 spiro atoms. The van der Waals surface area contributed by atoms with Gasteiger partial charge in [-0.05, 0) is 40.2 Å². The van der Waals surface area contributed by atoms with Crippen molar-refractivity contribution < 1.29 is 4.74 Å². The first-order chi connectivity index (χ1) is 7.03. The summed E-state index contributed by atoms with van der Waals surface area (Å²) < 4.78 is 5.87. The first-order valence-electron chi connectivity index (χ1n) is 5.99. The summed E-state index contributed by atoms with van der Waals surface area (Å²) in [6, 6.07) is 0. The number of nitrogens with zero attached hydrogens (tertiary/aromatic N) is 1. The molecule has 1 rings (SSSR count). The molecule has 2 nitrogen and oxygen atoms in total. The summed E-state index contributed by atoms with van der Waals surface area (Å²) in [4.78, 5) is 2.52. The number of rotatable bonds is 5. The topological polar surface area (TPSA) is 12.5 Å². The van der Waals surface area contributed by atoms with Crippen LogP contribution in [0.15, 0.2) is 0 Å². The Balaban J connectivity index is 2.23. The average molecular weight is 234 g/mol. The van der Waals surface area contributed by atoms with Crippen molar-refractivity contribution in [2.45, 2.75) is 51.7 Å². The lowest BCUT2D eigenvalue weighted by atomic mass is 10.1. The Bertz CT molecular complexity index is 184. The molecule has 1 aliphatic heterocycles. The summed E-state index contributed by atoms with van der Waals surface area (Å²) >= 11 is 5.66. The van der Waals surface area contributed by atoms with Gasteiger partial charge in [0.15, 0.2) is 0 Å². The molecule has 0 aliphatic carbocycles. The lowest BCUT2D eigenvalue weighted by molar-refractivity contribution is -0.128. The van der Waals surface area contributed by atoms with Crippen molar-refractivity contribution in [3.63, 3.8) is 0 Å². The highest BCUT2D eigenvalue weighted by molar-refractivity contribution is 6.17. The van der Waals surface area contributed by atoms with Crippen LogP contribution in [0.5, 0.6) is 0 Å². The average Bonchev–Trinajstić information content (AvgIpc) is 2.09. The molecule has 1 heterocycles. The monoisotopic (exact) mass is 233 g/mol. The molecule has 0 aromatic heterocycles. The van der Waals surface area contributed by atoms with E-state index in [-0.39, 0.29) is 5.60 Å². The summed E-state index contributed by atoms with van der Waals surface area (Å²) in [7, 11) is 0. The third kappa shape index (κ3) is 5.19. The number of ether oxygens (including phenoxy) is 1. The van der Waals surface area contributed by atoms with Gasteiger partial charge in [-0.15, -0.1) is 11.6 Å². The van der Waals surface area contributed by atoms with Gasteiger partial charge < -0.3 is 4.74 Å². The Morgan fingerprint density at radius 1 is 1.33 bits per heavy atom. The number of unbranched alkanes of at least 4 members (excludes halogenated alkanes) is 2. The van der Waals surface area contributed by atoms with E-state index in [1.54, 1.807) is 0 Å². The summed E-state index contributed by atoms with van der Waals surface area (Å²) in [6.07, 6.45) is 4.01. The van der Waals surface area contributed by atoms with E-state index in [0.29, 0.717) is 6.10 Å². The largest absolute Gasteiger partial charge is 0.370 e. The van der Waals surface area contributed by atoms with Crippen LogP contribution in [0.2, 0.25) is 0 Å². The molecule has 1 aliphatic rings. The van der Waals surface area contributed by atoms with Crippen molar-refractivity contribution in [3.05, 3.63) is 0 Å². The van der Waals surface area contributed by atoms with Gasteiger partial charge in [0.05, 0.1) is 11.7 Å². The van der Waals surface area contributed by atoms with E-state index >= 15 is 0 Å². The van der Waals surface area contributed by atoms with E-state index in [1.165, 1.54) is 19.4 Å². The van der Waals surface area contributed by atoms with Crippen molar-refractivity contribution in [1.82, 2.24) is 4.90 Å². The molecule has 1 unspecified atom stereocenters. The molecule has 0 saturated carbocycles. The van der Waals surface area contributed by atoms with E-state index in [9.17, 15) is 0 Å². The lowest BCUT2D eigenvalue weighted by Gasteiger charge is -2.41. The Kier molecular flexibility index (Phi) is 5.37. The van der Waals surface area contributed by atoms with Crippen LogP contribution in [0.1, 0.15) is 40.0 Å². The van der Waals surface area contributed by atoms with Gasteiger partial charge in [0.2, 0.25) is 0 Å². The van der Waals surface area contributed by atoms with E-state index < -0.39 is 0 Å². The second-order valence-corrected chi connectivity index (χ2v) is 5.55. The zero-order valence-corrected chi connectivity index (χ0v) is 11.0. The van der Waals surface area contributed by atoms with Crippen molar-refractivity contribution in [1.29, 1.82) is 0 Å². The van der Waals surface area contributed by atoms with Crippen LogP contribution in [0, 0.1) is 0 Å². The van der Waals surface area contributed by atoms with Crippen LogP contribution in [0.3, 0.4) is 0 Å². The maximum absolute atomic E-state index is 5.87. The molecule has 0 amide bonds. The highest BCUT2D eigenvalue weighted by Crippen LogP contribution is 2.20. The number of alkyl halides is 1. The lowest BCUT2D eigenvalue weighted by Crippen LogP contribution is -2.51. The highest BCUT2D eigenvalue weighted by atomic mass is 35.5. The van der Waals surface area contributed by atoms with Gasteiger partial charge in [0, 0.05) is 19.0 Å². The van der Waals surface area contributed by atoms with E-state index in [2.05, 4.69) is 25.7 Å². The molecule has 0 radical (unpaired) electrons. The van der Waals surface area contributed by atoms with Crippen molar-refractivity contribution >= 4 is 11.6 Å². The molecular weight excluding hydrogens is 210 g/mol. The van der Waals surface area contributed by atoms with Gasteiger partial charge in [0.1, 0.15) is 0 Å². The summed E-state index contributed by atoms with van der Waals surface area (Å²) in [5.74, 6) is 0.797. The smallest absolute Gasteiger partial charge is 0.0757 e. The van der Waals surface area contributed by atoms with E-state index in [0.717, 1.165) is 25.4 Å². The molecule has 15 heavy (non-hydrogen) atoms. The van der Waals surface area contributed by atoms with Crippen LogP contribution in [0.25, 0.3) is 0 Å². The normalized spacial score (nSPS) is 26.8. The second kappa shape index (κ2) is 6.07. The van der Waals surface area contributed by atoms with Gasteiger partial charge in [-0.1, -0.05) is 6.42 Å². The summed E-state index contributed by atoms with van der Waals surface area (Å²) in [6.45, 7) is 9.83. The fourth-order valence-corrected chi connectivity index (χ4v) is 2.55. The minimum Gasteiger partial charge on any atom is -0.370 e. The van der Waals surface area contributed by atoms with Gasteiger partial charge in [-0.3, -0.25) is 4.90 Å². The molecule has 0 aromatic rings. The van der Waals surface area contributed by atoms with E-state index in [4.69, 9.17) is 16.3 Å². The Hall–Kier alpha value is 0.210. The minimum atomic E-state index is 0.0180. The predicted molar refractivity (Wildman–Crippen MR) is 65.6 cm³/mol. The minimum absolute atomic E-state index is 0.0180. The first-order valence-corrected chi connectivity index (χ1v) is 6.53. The molecule has 90 valence electrons. The van der Waals surface area contributed by atoms with Crippen molar-refractivity contribution in [2.24, 2.45) is 0 Å². The molecule has 0 N–H and O–H groups in total. The third-order valence-corrected chi connectivity index (χ3v) is 3.02. The summed E-state index contributed by atoms with van der Waals surface area (Å²) in [5, 5.41) is 0. The van der Waals surface area contributed by atoms with Crippen LogP contribution in [-0.2, 0) is 4.74 Å². The maximum Gasteiger partial charge on any atom is 0.0757 e. The molecule has 3 heteroatoms.